The first kappa shape index (κ1) is 28.7. The zero-order chi connectivity index (χ0) is 27.7. The number of hydrogen-bond acceptors (Lipinski definition) is 7. The number of rotatable bonds is 8. The molecule has 2 atom stereocenters. The van der Waals surface area contributed by atoms with E-state index < -0.39 is 27.3 Å². The topological polar surface area (TPSA) is 107 Å². The summed E-state index contributed by atoms with van der Waals surface area (Å²) < 4.78 is 32.4. The predicted octanol–water partition coefficient (Wildman–Crippen LogP) is 3.60. The van der Waals surface area contributed by atoms with Crippen LogP contribution in [0.1, 0.15) is 62.8 Å². The molecule has 0 radical (unpaired) electrons. The van der Waals surface area contributed by atoms with Crippen LogP contribution in [0.5, 0.6) is 0 Å². The van der Waals surface area contributed by atoms with Crippen LogP contribution in [0.25, 0.3) is 0 Å². The van der Waals surface area contributed by atoms with Crippen molar-refractivity contribution in [3.63, 3.8) is 0 Å². The van der Waals surface area contributed by atoms with Crippen molar-refractivity contribution in [2.24, 2.45) is 0 Å². The van der Waals surface area contributed by atoms with Crippen LogP contribution in [0.15, 0.2) is 30.6 Å². The lowest BCUT2D eigenvalue weighted by molar-refractivity contribution is -0.134. The average Bonchev–Trinajstić information content (AvgIpc) is 3.24. The lowest BCUT2D eigenvalue weighted by Crippen LogP contribution is -2.53. The second kappa shape index (κ2) is 11.5. The van der Waals surface area contributed by atoms with Crippen LogP contribution in [0, 0.1) is 0 Å². The third kappa shape index (κ3) is 6.83. The molecule has 0 bridgehead atoms. The number of hydrogen-bond donors (Lipinski definition) is 1. The van der Waals surface area contributed by atoms with Crippen molar-refractivity contribution in [3.05, 3.63) is 52.4 Å². The second-order valence-corrected chi connectivity index (χ2v) is 13.3. The molecule has 1 aliphatic carbocycles. The molecule has 208 valence electrons. The van der Waals surface area contributed by atoms with Gasteiger partial charge in [0, 0.05) is 61.1 Å². The Balaban J connectivity index is 1.53. The van der Waals surface area contributed by atoms with Crippen LogP contribution >= 0.6 is 11.6 Å². The third-order valence-corrected chi connectivity index (χ3v) is 8.63. The maximum absolute atomic E-state index is 14.0. The minimum absolute atomic E-state index is 0.00522. The summed E-state index contributed by atoms with van der Waals surface area (Å²) >= 11 is 6.13. The van der Waals surface area contributed by atoms with Gasteiger partial charge < -0.3 is 9.80 Å². The molecule has 4 rings (SSSR count). The van der Waals surface area contributed by atoms with E-state index in [0.717, 1.165) is 29.9 Å². The second-order valence-electron chi connectivity index (χ2n) is 11.3. The zero-order valence-electron chi connectivity index (χ0n) is 22.6. The van der Waals surface area contributed by atoms with Crippen molar-refractivity contribution < 1.29 is 17.8 Å². The van der Waals surface area contributed by atoms with Gasteiger partial charge in [-0.05, 0) is 57.2 Å². The molecule has 2 unspecified atom stereocenters. The predicted molar refractivity (Wildman–Crippen MR) is 149 cm³/mol. The van der Waals surface area contributed by atoms with E-state index in [4.69, 9.17) is 11.6 Å². The van der Waals surface area contributed by atoms with Crippen LogP contribution in [-0.4, -0.2) is 89.2 Å². The lowest BCUT2D eigenvalue weighted by Gasteiger charge is -2.41. The highest BCUT2D eigenvalue weighted by atomic mass is 35.5. The van der Waals surface area contributed by atoms with Gasteiger partial charge in [-0.25, -0.2) is 9.97 Å². The molecule has 2 heterocycles. The largest absolute Gasteiger partial charge is 0.353 e. The molecule has 1 saturated heterocycles. The number of carbonyl (C=O) groups is 1. The highest BCUT2D eigenvalue weighted by molar-refractivity contribution is 7.85. The van der Waals surface area contributed by atoms with Crippen molar-refractivity contribution >= 4 is 33.4 Å². The number of nitrogens with zero attached hydrogens (tertiary/aromatic N) is 5. The normalized spacial score (nSPS) is 19.1. The van der Waals surface area contributed by atoms with Crippen molar-refractivity contribution in [1.29, 1.82) is 0 Å². The molecule has 1 aromatic heterocycles. The number of aromatic nitrogens is 2. The Morgan fingerprint density at radius 1 is 1.16 bits per heavy atom. The molecule has 1 aliphatic heterocycles. The van der Waals surface area contributed by atoms with Gasteiger partial charge in [0.2, 0.25) is 5.91 Å². The average molecular weight is 564 g/mol. The Morgan fingerprint density at radius 3 is 2.42 bits per heavy atom. The molecule has 0 spiro atoms. The molecule has 0 saturated carbocycles. The van der Waals surface area contributed by atoms with Gasteiger partial charge in [0.25, 0.3) is 10.1 Å². The van der Waals surface area contributed by atoms with Crippen LogP contribution in [0.4, 0.5) is 5.82 Å². The summed E-state index contributed by atoms with van der Waals surface area (Å²) in [6, 6.07) is 7.25. The molecule has 1 N–H and O–H groups in total. The molecule has 1 aromatic carbocycles. The standard InChI is InChI=1S/C27H38ClN5O4S/c1-19-5-10-23-24(19)25(30-18-29-23)31-11-13-32(14-12-31)26(34)22(20-6-8-21(28)9-7-20)17-33(27(2,3)4)15-16-38(35,36)37/h6-9,18-19,22H,5,10-17H2,1-4H3,(H,35,36,37). The van der Waals surface area contributed by atoms with E-state index in [1.165, 1.54) is 5.56 Å². The van der Waals surface area contributed by atoms with E-state index in [1.807, 2.05) is 42.7 Å². The fourth-order valence-electron chi connectivity index (χ4n) is 5.40. The van der Waals surface area contributed by atoms with E-state index in [0.29, 0.717) is 43.7 Å². The van der Waals surface area contributed by atoms with Gasteiger partial charge in [-0.1, -0.05) is 30.7 Å². The first-order chi connectivity index (χ1) is 17.8. The van der Waals surface area contributed by atoms with Gasteiger partial charge in [-0.3, -0.25) is 14.2 Å². The van der Waals surface area contributed by atoms with Gasteiger partial charge in [0.1, 0.15) is 12.1 Å². The summed E-state index contributed by atoms with van der Waals surface area (Å²) in [5, 5.41) is 0.583. The molecular formula is C27H38ClN5O4S. The van der Waals surface area contributed by atoms with E-state index >= 15 is 0 Å². The number of benzene rings is 1. The van der Waals surface area contributed by atoms with E-state index in [-0.39, 0.29) is 12.5 Å². The molecule has 9 nitrogen and oxygen atoms in total. The fourth-order valence-corrected chi connectivity index (χ4v) is 5.98. The van der Waals surface area contributed by atoms with Crippen molar-refractivity contribution in [2.45, 2.75) is 57.9 Å². The number of piperazine rings is 1. The van der Waals surface area contributed by atoms with Gasteiger partial charge >= 0.3 is 0 Å². The highest BCUT2D eigenvalue weighted by Crippen LogP contribution is 2.37. The van der Waals surface area contributed by atoms with Gasteiger partial charge in [0.15, 0.2) is 0 Å². The molecule has 2 aliphatic rings. The monoisotopic (exact) mass is 563 g/mol. The Hall–Kier alpha value is -2.27. The number of fused-ring (bicyclic) bond motifs is 1. The van der Waals surface area contributed by atoms with E-state index in [1.54, 1.807) is 18.5 Å². The van der Waals surface area contributed by atoms with Gasteiger partial charge in [-0.15, -0.1) is 0 Å². The summed E-state index contributed by atoms with van der Waals surface area (Å²) in [6.07, 6.45) is 3.72. The molecule has 1 fully saturated rings. The first-order valence-corrected chi connectivity index (χ1v) is 15.2. The molecule has 11 heteroatoms. The maximum Gasteiger partial charge on any atom is 0.266 e. The summed E-state index contributed by atoms with van der Waals surface area (Å²) in [6.45, 7) is 11.1. The Morgan fingerprint density at radius 2 is 1.82 bits per heavy atom. The van der Waals surface area contributed by atoms with E-state index in [9.17, 15) is 17.8 Å². The fraction of sp³-hybridized carbons (Fsp3) is 0.593. The Kier molecular flexibility index (Phi) is 8.66. The van der Waals surface area contributed by atoms with Crippen molar-refractivity contribution in [2.75, 3.05) is 49.9 Å². The smallest absolute Gasteiger partial charge is 0.266 e. The Bertz CT molecular complexity index is 1240. The number of halogens is 1. The third-order valence-electron chi connectivity index (χ3n) is 7.68. The minimum Gasteiger partial charge on any atom is -0.353 e. The van der Waals surface area contributed by atoms with Crippen LogP contribution in [0.2, 0.25) is 5.02 Å². The molecule has 1 amide bonds. The Labute approximate surface area is 230 Å². The van der Waals surface area contributed by atoms with Crippen LogP contribution in [0.3, 0.4) is 0 Å². The summed E-state index contributed by atoms with van der Waals surface area (Å²) in [4.78, 5) is 29.2. The van der Waals surface area contributed by atoms with Gasteiger partial charge in [-0.2, -0.15) is 8.42 Å². The number of carbonyl (C=O) groups excluding carboxylic acids is 1. The van der Waals surface area contributed by atoms with Crippen molar-refractivity contribution in [1.82, 2.24) is 19.8 Å². The summed E-state index contributed by atoms with van der Waals surface area (Å²) in [5.74, 6) is 0.510. The van der Waals surface area contributed by atoms with Crippen LogP contribution < -0.4 is 4.90 Å². The molecular weight excluding hydrogens is 526 g/mol. The van der Waals surface area contributed by atoms with Gasteiger partial charge in [0.05, 0.1) is 11.7 Å². The van der Waals surface area contributed by atoms with Crippen molar-refractivity contribution in [3.8, 4) is 0 Å². The minimum atomic E-state index is -4.14. The summed E-state index contributed by atoms with van der Waals surface area (Å²) in [5.41, 5.74) is 2.78. The number of anilines is 1. The number of aryl methyl sites for hydroxylation is 1. The van der Waals surface area contributed by atoms with E-state index in [2.05, 4.69) is 21.8 Å². The lowest BCUT2D eigenvalue weighted by atomic mass is 9.94. The molecule has 38 heavy (non-hydrogen) atoms. The summed E-state index contributed by atoms with van der Waals surface area (Å²) in [7, 11) is -4.14. The quantitative estimate of drug-likeness (QED) is 0.486. The highest BCUT2D eigenvalue weighted by Gasteiger charge is 2.35. The van der Waals surface area contributed by atoms with Crippen LogP contribution in [-0.2, 0) is 21.3 Å². The number of amides is 1. The SMILES string of the molecule is CC1CCc2ncnc(N3CCN(C(=O)C(CN(CCS(=O)(=O)O)C(C)(C)C)c4ccc(Cl)cc4)CC3)c21. The first-order valence-electron chi connectivity index (χ1n) is 13.2. The molecule has 2 aromatic rings. The maximum atomic E-state index is 14.0. The zero-order valence-corrected chi connectivity index (χ0v) is 24.2.